The number of hydrogen-bond acceptors (Lipinski definition) is 4. The Kier molecular flexibility index (Phi) is 8.43. The highest BCUT2D eigenvalue weighted by Gasteiger charge is 2.11. The number of nitrogens with zero attached hydrogens (tertiary/aromatic N) is 2. The van der Waals surface area contributed by atoms with Gasteiger partial charge in [-0.1, -0.05) is 12.1 Å². The van der Waals surface area contributed by atoms with Gasteiger partial charge in [-0.15, -0.1) is 24.8 Å². The maximum Gasteiger partial charge on any atom is 0.251 e. The zero-order chi connectivity index (χ0) is 15.4. The number of hydrogen-bond donors (Lipinski definition) is 2. The van der Waals surface area contributed by atoms with Gasteiger partial charge in [0.15, 0.2) is 0 Å². The van der Waals surface area contributed by atoms with Crippen molar-refractivity contribution in [3.05, 3.63) is 53.2 Å². The largest absolute Gasteiger partial charge is 0.399 e. The molecule has 0 saturated carbocycles. The van der Waals surface area contributed by atoms with Gasteiger partial charge in [0.25, 0.3) is 5.91 Å². The number of aromatic nitrogens is 1. The zero-order valence-corrected chi connectivity index (χ0v) is 15.0. The van der Waals surface area contributed by atoms with Crippen LogP contribution in [0.2, 0.25) is 0 Å². The first-order valence-electron chi connectivity index (χ1n) is 6.74. The fourth-order valence-electron chi connectivity index (χ4n) is 2.13. The summed E-state index contributed by atoms with van der Waals surface area (Å²) in [5.41, 5.74) is 8.80. The molecule has 1 aromatic heterocycles. The molecule has 1 aromatic carbocycles. The minimum atomic E-state index is -0.131. The first-order valence-corrected chi connectivity index (χ1v) is 6.74. The molecule has 0 aliphatic rings. The van der Waals surface area contributed by atoms with Crippen molar-refractivity contribution in [1.29, 1.82) is 0 Å². The molecule has 0 atom stereocenters. The number of aryl methyl sites for hydroxylation is 1. The molecule has 126 valence electrons. The van der Waals surface area contributed by atoms with Crippen LogP contribution >= 0.6 is 24.8 Å². The first-order chi connectivity index (χ1) is 9.99. The van der Waals surface area contributed by atoms with E-state index in [9.17, 15) is 4.79 Å². The van der Waals surface area contributed by atoms with Crippen molar-refractivity contribution in [3.8, 4) is 0 Å². The molecule has 1 amide bonds. The van der Waals surface area contributed by atoms with Crippen LogP contribution in [0.4, 0.5) is 11.5 Å². The summed E-state index contributed by atoms with van der Waals surface area (Å²) in [7, 11) is 3.85. The van der Waals surface area contributed by atoms with Crippen LogP contribution in [0.25, 0.3) is 0 Å². The van der Waals surface area contributed by atoms with Crippen LogP contribution < -0.4 is 16.0 Å². The van der Waals surface area contributed by atoms with E-state index in [0.717, 1.165) is 16.9 Å². The molecule has 0 bridgehead atoms. The lowest BCUT2D eigenvalue weighted by molar-refractivity contribution is 0.0950. The van der Waals surface area contributed by atoms with E-state index in [0.29, 0.717) is 17.8 Å². The number of nitrogens with one attached hydrogen (secondary N) is 1. The number of amides is 1. The molecule has 23 heavy (non-hydrogen) atoms. The molecule has 7 heteroatoms. The second-order valence-corrected chi connectivity index (χ2v) is 5.14. The van der Waals surface area contributed by atoms with Crippen molar-refractivity contribution < 1.29 is 4.79 Å². The van der Waals surface area contributed by atoms with Crippen molar-refractivity contribution in [1.82, 2.24) is 10.3 Å². The molecule has 2 aromatic rings. The van der Waals surface area contributed by atoms with Gasteiger partial charge in [0.05, 0.1) is 0 Å². The second-order valence-electron chi connectivity index (χ2n) is 5.14. The highest BCUT2D eigenvalue weighted by Crippen LogP contribution is 2.15. The smallest absolute Gasteiger partial charge is 0.251 e. The highest BCUT2D eigenvalue weighted by molar-refractivity contribution is 5.96. The third-order valence-electron chi connectivity index (χ3n) is 3.24. The van der Waals surface area contributed by atoms with E-state index in [4.69, 9.17) is 5.73 Å². The van der Waals surface area contributed by atoms with E-state index >= 15 is 0 Å². The number of carbonyl (C=O) groups is 1. The number of carbonyl (C=O) groups excluding carboxylic acids is 1. The molecule has 1 heterocycles. The standard InChI is InChI=1S/C16H20N4O.2ClH/c1-11-6-7-13(17)9-14(11)16(21)19-10-12-5-4-8-18-15(12)20(2)3;;/h4-9H,10,17H2,1-3H3,(H,19,21);2*1H. The topological polar surface area (TPSA) is 71.2 Å². The Morgan fingerprint density at radius 1 is 1.26 bits per heavy atom. The molecule has 0 unspecified atom stereocenters. The molecule has 0 fully saturated rings. The summed E-state index contributed by atoms with van der Waals surface area (Å²) in [5, 5.41) is 2.92. The number of nitrogens with two attached hydrogens (primary N) is 1. The van der Waals surface area contributed by atoms with Gasteiger partial charge in [-0.25, -0.2) is 4.98 Å². The quantitative estimate of drug-likeness (QED) is 0.826. The Morgan fingerprint density at radius 2 is 1.96 bits per heavy atom. The van der Waals surface area contributed by atoms with Gasteiger partial charge in [0.1, 0.15) is 5.82 Å². The van der Waals surface area contributed by atoms with Crippen LogP contribution in [0.3, 0.4) is 0 Å². The third kappa shape index (κ3) is 5.30. The molecule has 0 radical (unpaired) electrons. The minimum absolute atomic E-state index is 0. The van der Waals surface area contributed by atoms with Gasteiger partial charge in [-0.3, -0.25) is 4.79 Å². The molecule has 0 saturated heterocycles. The van der Waals surface area contributed by atoms with Crippen LogP contribution in [0.1, 0.15) is 21.5 Å². The molecule has 0 aliphatic heterocycles. The molecule has 0 aliphatic carbocycles. The van der Waals surface area contributed by atoms with Crippen LogP contribution in [0.5, 0.6) is 0 Å². The number of benzene rings is 1. The number of pyridine rings is 1. The van der Waals surface area contributed by atoms with Crippen molar-refractivity contribution >= 4 is 42.2 Å². The van der Waals surface area contributed by atoms with E-state index in [1.54, 1.807) is 18.3 Å². The van der Waals surface area contributed by atoms with Crippen molar-refractivity contribution in [3.63, 3.8) is 0 Å². The lowest BCUT2D eigenvalue weighted by Crippen LogP contribution is -2.25. The molecule has 2 rings (SSSR count). The molecule has 5 nitrogen and oxygen atoms in total. The number of anilines is 2. The van der Waals surface area contributed by atoms with Crippen molar-refractivity contribution in [2.24, 2.45) is 0 Å². The molecule has 3 N–H and O–H groups in total. The second kappa shape index (κ2) is 9.22. The van der Waals surface area contributed by atoms with Gasteiger partial charge in [0, 0.05) is 43.7 Å². The molecule has 0 spiro atoms. The lowest BCUT2D eigenvalue weighted by Gasteiger charge is -2.16. The third-order valence-corrected chi connectivity index (χ3v) is 3.24. The average Bonchev–Trinajstić information content (AvgIpc) is 2.47. The summed E-state index contributed by atoms with van der Waals surface area (Å²) < 4.78 is 0. The minimum Gasteiger partial charge on any atom is -0.399 e. The summed E-state index contributed by atoms with van der Waals surface area (Å²) in [5.74, 6) is 0.718. The van der Waals surface area contributed by atoms with Gasteiger partial charge < -0.3 is 16.0 Å². The average molecular weight is 357 g/mol. The number of halogens is 2. The summed E-state index contributed by atoms with van der Waals surface area (Å²) in [6, 6.07) is 9.15. The van der Waals surface area contributed by atoms with Crippen LogP contribution in [0, 0.1) is 6.92 Å². The fraction of sp³-hybridized carbons (Fsp3) is 0.250. The highest BCUT2D eigenvalue weighted by atomic mass is 35.5. The fourth-order valence-corrected chi connectivity index (χ4v) is 2.13. The molecular formula is C16H22Cl2N4O. The van der Waals surface area contributed by atoms with E-state index in [1.807, 2.05) is 44.1 Å². The Bertz CT molecular complexity index is 662. The van der Waals surface area contributed by atoms with Gasteiger partial charge in [-0.05, 0) is 30.7 Å². The summed E-state index contributed by atoms with van der Waals surface area (Å²) in [6.45, 7) is 2.32. The normalized spacial score (nSPS) is 9.35. The summed E-state index contributed by atoms with van der Waals surface area (Å²) in [4.78, 5) is 18.5. The van der Waals surface area contributed by atoms with Crippen LogP contribution in [-0.2, 0) is 6.54 Å². The van der Waals surface area contributed by atoms with Crippen LogP contribution in [-0.4, -0.2) is 25.0 Å². The van der Waals surface area contributed by atoms with Crippen LogP contribution in [0.15, 0.2) is 36.5 Å². The summed E-state index contributed by atoms with van der Waals surface area (Å²) in [6.07, 6.45) is 1.74. The predicted octanol–water partition coefficient (Wildman–Crippen LogP) is 2.81. The Balaban J connectivity index is 0.00000242. The Labute approximate surface area is 149 Å². The van der Waals surface area contributed by atoms with Crippen molar-refractivity contribution in [2.75, 3.05) is 24.7 Å². The van der Waals surface area contributed by atoms with E-state index < -0.39 is 0 Å². The monoisotopic (exact) mass is 356 g/mol. The first kappa shape index (κ1) is 21.0. The zero-order valence-electron chi connectivity index (χ0n) is 13.4. The van der Waals surface area contributed by atoms with E-state index in [2.05, 4.69) is 10.3 Å². The van der Waals surface area contributed by atoms with Gasteiger partial charge in [-0.2, -0.15) is 0 Å². The predicted molar refractivity (Wildman–Crippen MR) is 99.8 cm³/mol. The maximum absolute atomic E-state index is 12.3. The van der Waals surface area contributed by atoms with Crippen molar-refractivity contribution in [2.45, 2.75) is 13.5 Å². The van der Waals surface area contributed by atoms with Gasteiger partial charge >= 0.3 is 0 Å². The Hall–Kier alpha value is -1.98. The lowest BCUT2D eigenvalue weighted by atomic mass is 10.1. The van der Waals surface area contributed by atoms with Gasteiger partial charge in [0.2, 0.25) is 0 Å². The van der Waals surface area contributed by atoms with E-state index in [1.165, 1.54) is 0 Å². The Morgan fingerprint density at radius 3 is 2.61 bits per heavy atom. The number of rotatable bonds is 4. The SMILES string of the molecule is Cc1ccc(N)cc1C(=O)NCc1cccnc1N(C)C.Cl.Cl. The number of nitrogen functional groups attached to an aromatic ring is 1. The molecular weight excluding hydrogens is 335 g/mol. The summed E-state index contributed by atoms with van der Waals surface area (Å²) >= 11 is 0. The van der Waals surface area contributed by atoms with E-state index in [-0.39, 0.29) is 30.7 Å². The maximum atomic E-state index is 12.3.